The Morgan fingerprint density at radius 2 is 1.90 bits per heavy atom. The van der Waals surface area contributed by atoms with Gasteiger partial charge in [-0.3, -0.25) is 0 Å². The molecule has 0 aliphatic carbocycles. The van der Waals surface area contributed by atoms with Crippen molar-refractivity contribution in [1.29, 1.82) is 0 Å². The van der Waals surface area contributed by atoms with E-state index in [0.717, 1.165) is 12.8 Å². The van der Waals surface area contributed by atoms with Crippen molar-refractivity contribution >= 4 is 16.0 Å². The van der Waals surface area contributed by atoms with E-state index in [1.807, 2.05) is 13.8 Å². The van der Waals surface area contributed by atoms with Crippen LogP contribution in [0, 0.1) is 5.92 Å². The van der Waals surface area contributed by atoms with Crippen LogP contribution < -0.4 is 0 Å². The highest BCUT2D eigenvalue weighted by Crippen LogP contribution is 2.29. The van der Waals surface area contributed by atoms with Gasteiger partial charge in [0.1, 0.15) is 0 Å². The van der Waals surface area contributed by atoms with Gasteiger partial charge in [-0.25, -0.2) is 13.2 Å². The summed E-state index contributed by atoms with van der Waals surface area (Å²) in [5, 5.41) is 0. The first-order valence-corrected chi connectivity index (χ1v) is 8.51. The number of ether oxygens (including phenoxy) is 1. The number of benzene rings is 1. The molecule has 1 aliphatic rings. The maximum Gasteiger partial charge on any atom is 0.339 e. The lowest BCUT2D eigenvalue weighted by atomic mass is 9.97. The number of rotatable bonds is 3. The maximum absolute atomic E-state index is 12.9. The van der Waals surface area contributed by atoms with Crippen LogP contribution in [0.15, 0.2) is 29.2 Å². The zero-order valence-corrected chi connectivity index (χ0v) is 13.4. The predicted octanol–water partition coefficient (Wildman–Crippen LogP) is 2.28. The molecule has 0 bridgehead atoms. The van der Waals surface area contributed by atoms with Crippen LogP contribution >= 0.6 is 0 Å². The van der Waals surface area contributed by atoms with E-state index in [-0.39, 0.29) is 16.5 Å². The fraction of sp³-hybridized carbons (Fsp3) is 0.533. The largest absolute Gasteiger partial charge is 0.465 e. The molecule has 2 unspecified atom stereocenters. The first-order chi connectivity index (χ1) is 9.87. The van der Waals surface area contributed by atoms with Crippen LogP contribution in [0.3, 0.4) is 0 Å². The van der Waals surface area contributed by atoms with Crippen molar-refractivity contribution in [1.82, 2.24) is 4.31 Å². The van der Waals surface area contributed by atoms with Gasteiger partial charge in [0.2, 0.25) is 10.0 Å². The third-order valence-electron chi connectivity index (χ3n) is 3.94. The van der Waals surface area contributed by atoms with E-state index >= 15 is 0 Å². The number of nitrogens with zero attached hydrogens (tertiary/aromatic N) is 1. The van der Waals surface area contributed by atoms with Gasteiger partial charge in [0.15, 0.2) is 0 Å². The van der Waals surface area contributed by atoms with Crippen molar-refractivity contribution in [2.45, 2.75) is 37.6 Å². The normalized spacial score (nSPS) is 23.8. The van der Waals surface area contributed by atoms with Crippen LogP contribution in [0.25, 0.3) is 0 Å². The number of hydrogen-bond acceptors (Lipinski definition) is 4. The summed E-state index contributed by atoms with van der Waals surface area (Å²) < 4.78 is 32.0. The molecular weight excluding hydrogens is 290 g/mol. The molecule has 5 nitrogen and oxygen atoms in total. The monoisotopic (exact) mass is 311 g/mol. The molecule has 1 aromatic carbocycles. The molecule has 0 aromatic heterocycles. The summed E-state index contributed by atoms with van der Waals surface area (Å²) in [6.07, 6.45) is 1.85. The minimum absolute atomic E-state index is 0.0257. The lowest BCUT2D eigenvalue weighted by Crippen LogP contribution is -2.45. The summed E-state index contributed by atoms with van der Waals surface area (Å²) in [5.74, 6) is -0.312. The number of sulfonamides is 1. The Balaban J connectivity index is 2.47. The molecule has 2 atom stereocenters. The topological polar surface area (TPSA) is 63.7 Å². The number of piperidine rings is 1. The number of carbonyl (C=O) groups is 1. The molecule has 1 aromatic rings. The lowest BCUT2D eigenvalue weighted by Gasteiger charge is -2.35. The van der Waals surface area contributed by atoms with Gasteiger partial charge in [0.05, 0.1) is 17.6 Å². The van der Waals surface area contributed by atoms with Crippen LogP contribution in [0.1, 0.15) is 37.0 Å². The minimum atomic E-state index is -3.70. The van der Waals surface area contributed by atoms with Crippen molar-refractivity contribution in [3.05, 3.63) is 29.8 Å². The Morgan fingerprint density at radius 3 is 2.57 bits per heavy atom. The standard InChI is InChI=1S/C15H21NO4S/c1-11-8-9-12(2)16(10-11)21(18,19)14-7-5-4-6-13(14)15(17)20-3/h4-7,11-12H,8-10H2,1-3H3. The zero-order chi connectivity index (χ0) is 15.6. The Hall–Kier alpha value is -1.40. The summed E-state index contributed by atoms with van der Waals surface area (Å²) in [6.45, 7) is 4.43. The van der Waals surface area contributed by atoms with E-state index in [4.69, 9.17) is 0 Å². The van der Waals surface area contributed by atoms with Gasteiger partial charge in [-0.1, -0.05) is 19.1 Å². The molecule has 116 valence electrons. The first kappa shape index (κ1) is 16.0. The molecular formula is C15H21NO4S. The van der Waals surface area contributed by atoms with Crippen LogP contribution in [-0.4, -0.2) is 38.4 Å². The first-order valence-electron chi connectivity index (χ1n) is 7.07. The summed E-state index contributed by atoms with van der Waals surface area (Å²) in [7, 11) is -2.45. The van der Waals surface area contributed by atoms with Crippen LogP contribution in [0.5, 0.6) is 0 Å². The number of carbonyl (C=O) groups excluding carboxylic acids is 1. The van der Waals surface area contributed by atoms with Gasteiger partial charge in [-0.15, -0.1) is 0 Å². The number of esters is 1. The molecule has 0 saturated carbocycles. The van der Waals surface area contributed by atoms with E-state index in [1.165, 1.54) is 23.5 Å². The van der Waals surface area contributed by atoms with Crippen molar-refractivity contribution < 1.29 is 17.9 Å². The Bertz CT molecular complexity index is 626. The smallest absolute Gasteiger partial charge is 0.339 e. The average Bonchev–Trinajstić information content (AvgIpc) is 2.48. The molecule has 2 rings (SSSR count). The van der Waals surface area contributed by atoms with E-state index < -0.39 is 16.0 Å². The molecule has 1 aliphatic heterocycles. The van der Waals surface area contributed by atoms with Gasteiger partial charge in [0.25, 0.3) is 0 Å². The summed E-state index contributed by atoms with van der Waals surface area (Å²) >= 11 is 0. The third kappa shape index (κ3) is 3.11. The second kappa shape index (κ2) is 6.15. The Morgan fingerprint density at radius 1 is 1.24 bits per heavy atom. The molecule has 6 heteroatoms. The zero-order valence-electron chi connectivity index (χ0n) is 12.6. The fourth-order valence-corrected chi connectivity index (χ4v) is 4.64. The summed E-state index contributed by atoms with van der Waals surface area (Å²) in [5.41, 5.74) is 0.0884. The maximum atomic E-state index is 12.9. The molecule has 1 heterocycles. The summed E-state index contributed by atoms with van der Waals surface area (Å²) in [6, 6.07) is 6.15. The lowest BCUT2D eigenvalue weighted by molar-refractivity contribution is 0.0596. The highest BCUT2D eigenvalue weighted by molar-refractivity contribution is 7.89. The molecule has 0 spiro atoms. The van der Waals surface area contributed by atoms with E-state index in [2.05, 4.69) is 4.74 Å². The van der Waals surface area contributed by atoms with Crippen molar-refractivity contribution in [3.8, 4) is 0 Å². The number of hydrogen-bond donors (Lipinski definition) is 0. The molecule has 1 fully saturated rings. The van der Waals surface area contributed by atoms with E-state index in [1.54, 1.807) is 12.1 Å². The molecule has 1 saturated heterocycles. The average molecular weight is 311 g/mol. The van der Waals surface area contributed by atoms with Crippen molar-refractivity contribution in [2.75, 3.05) is 13.7 Å². The Kier molecular flexibility index (Phi) is 4.68. The van der Waals surface area contributed by atoms with Crippen molar-refractivity contribution in [3.63, 3.8) is 0 Å². The highest BCUT2D eigenvalue weighted by Gasteiger charge is 2.35. The van der Waals surface area contributed by atoms with Gasteiger partial charge in [0, 0.05) is 12.6 Å². The molecule has 0 radical (unpaired) electrons. The SMILES string of the molecule is COC(=O)c1ccccc1S(=O)(=O)N1CC(C)CCC1C. The van der Waals surface area contributed by atoms with Crippen LogP contribution in [0.2, 0.25) is 0 Å². The van der Waals surface area contributed by atoms with E-state index in [0.29, 0.717) is 12.5 Å². The molecule has 0 amide bonds. The second-order valence-electron chi connectivity index (χ2n) is 5.59. The second-order valence-corrected chi connectivity index (χ2v) is 7.45. The Labute approximate surface area is 126 Å². The predicted molar refractivity (Wildman–Crippen MR) is 79.5 cm³/mol. The quantitative estimate of drug-likeness (QED) is 0.803. The highest BCUT2D eigenvalue weighted by atomic mass is 32.2. The third-order valence-corrected chi connectivity index (χ3v) is 5.98. The van der Waals surface area contributed by atoms with Gasteiger partial charge >= 0.3 is 5.97 Å². The minimum Gasteiger partial charge on any atom is -0.465 e. The van der Waals surface area contributed by atoms with Gasteiger partial charge in [-0.05, 0) is 37.8 Å². The summed E-state index contributed by atoms with van der Waals surface area (Å²) in [4.78, 5) is 11.8. The van der Waals surface area contributed by atoms with Gasteiger partial charge < -0.3 is 4.74 Å². The van der Waals surface area contributed by atoms with Gasteiger partial charge in [-0.2, -0.15) is 4.31 Å². The fourth-order valence-electron chi connectivity index (χ4n) is 2.68. The molecule has 0 N–H and O–H groups in total. The molecule has 21 heavy (non-hydrogen) atoms. The van der Waals surface area contributed by atoms with Crippen molar-refractivity contribution in [2.24, 2.45) is 5.92 Å². The van der Waals surface area contributed by atoms with E-state index in [9.17, 15) is 13.2 Å². The van der Waals surface area contributed by atoms with Crippen LogP contribution in [-0.2, 0) is 14.8 Å². The van der Waals surface area contributed by atoms with Crippen LogP contribution in [0.4, 0.5) is 0 Å². The number of methoxy groups -OCH3 is 1.